The van der Waals surface area contributed by atoms with Crippen LogP contribution in [0.25, 0.3) is 0 Å². The normalized spacial score (nSPS) is 13.3. The highest BCUT2D eigenvalue weighted by atomic mass is 32.2. The van der Waals surface area contributed by atoms with Gasteiger partial charge in [0.1, 0.15) is 0 Å². The van der Waals surface area contributed by atoms with E-state index < -0.39 is 0 Å². The van der Waals surface area contributed by atoms with Crippen LogP contribution in [0.2, 0.25) is 0 Å². The molecule has 0 aromatic heterocycles. The van der Waals surface area contributed by atoms with Crippen LogP contribution < -0.4 is 0 Å². The minimum absolute atomic E-state index is 0.685. The van der Waals surface area contributed by atoms with Gasteiger partial charge in [-0.1, -0.05) is 38.6 Å². The Labute approximate surface area is 78.4 Å². The summed E-state index contributed by atoms with van der Waals surface area (Å²) in [5, 5.41) is 0. The van der Waals surface area contributed by atoms with Crippen LogP contribution in [-0.4, -0.2) is 0 Å². The van der Waals surface area contributed by atoms with Crippen LogP contribution >= 0.6 is 11.8 Å². The molecule has 0 nitrogen and oxygen atoms in total. The number of rotatable bonds is 2. The average Bonchev–Trinajstić information content (AvgIpc) is 2.79. The van der Waals surface area contributed by atoms with E-state index in [1.807, 2.05) is 11.8 Å². The summed E-state index contributed by atoms with van der Waals surface area (Å²) in [7, 11) is 0. The first-order valence-corrected chi connectivity index (χ1v) is 5.39. The molecule has 2 rings (SSSR count). The van der Waals surface area contributed by atoms with Crippen molar-refractivity contribution >= 4 is 11.8 Å². The van der Waals surface area contributed by atoms with Gasteiger partial charge in [-0.05, 0) is 29.5 Å². The lowest BCUT2D eigenvalue weighted by Crippen LogP contribution is -1.93. The van der Waals surface area contributed by atoms with E-state index in [9.17, 15) is 0 Å². The van der Waals surface area contributed by atoms with Crippen molar-refractivity contribution in [2.24, 2.45) is 0 Å². The van der Waals surface area contributed by atoms with Crippen LogP contribution in [0, 0.1) is 0 Å². The van der Waals surface area contributed by atoms with Gasteiger partial charge in [0, 0.05) is 9.79 Å². The van der Waals surface area contributed by atoms with Crippen LogP contribution in [0.1, 0.15) is 37.8 Å². The largest absolute Gasteiger partial charge is 0.0874 e. The standard InChI is InChI=1S/C11H14S/c1-4-8-5-6-9-11(12-9)10(8)7(2)3/h5-7H,4H2,1-3H3. The van der Waals surface area contributed by atoms with Gasteiger partial charge >= 0.3 is 0 Å². The Morgan fingerprint density at radius 2 is 2.08 bits per heavy atom. The van der Waals surface area contributed by atoms with Gasteiger partial charge in [0.2, 0.25) is 0 Å². The lowest BCUT2D eigenvalue weighted by atomic mass is 9.96. The fraction of sp³-hybridized carbons (Fsp3) is 0.455. The Balaban J connectivity index is 2.50. The maximum absolute atomic E-state index is 2.29. The van der Waals surface area contributed by atoms with Crippen LogP contribution in [0.3, 0.4) is 0 Å². The molecule has 0 radical (unpaired) electrons. The number of benzene rings is 1. The number of hydrogen-bond acceptors (Lipinski definition) is 1. The molecule has 0 fully saturated rings. The zero-order valence-corrected chi connectivity index (χ0v) is 8.66. The molecule has 1 aromatic carbocycles. The molecule has 1 aliphatic rings. The van der Waals surface area contributed by atoms with Gasteiger partial charge in [0.25, 0.3) is 0 Å². The maximum atomic E-state index is 2.29. The fourth-order valence-corrected chi connectivity index (χ4v) is 2.69. The Morgan fingerprint density at radius 3 is 2.67 bits per heavy atom. The summed E-state index contributed by atoms with van der Waals surface area (Å²) in [5.74, 6) is 0.685. The average molecular weight is 178 g/mol. The Morgan fingerprint density at radius 1 is 1.33 bits per heavy atom. The molecule has 1 heterocycles. The second-order valence-electron chi connectivity index (χ2n) is 3.58. The SMILES string of the molecule is CCc1ccc2c(c1C(C)C)S2. The molecule has 0 atom stereocenters. The van der Waals surface area contributed by atoms with Crippen molar-refractivity contribution in [3.63, 3.8) is 0 Å². The molecular formula is C11H14S. The van der Waals surface area contributed by atoms with Crippen LogP contribution in [-0.2, 0) is 6.42 Å². The first-order chi connectivity index (χ1) is 5.74. The summed E-state index contributed by atoms with van der Waals surface area (Å²) in [6, 6.07) is 4.54. The predicted molar refractivity (Wildman–Crippen MR) is 54.0 cm³/mol. The molecule has 64 valence electrons. The Bertz CT molecular complexity index is 313. The van der Waals surface area contributed by atoms with E-state index in [-0.39, 0.29) is 0 Å². The molecule has 12 heavy (non-hydrogen) atoms. The zero-order valence-electron chi connectivity index (χ0n) is 7.85. The minimum Gasteiger partial charge on any atom is -0.0874 e. The summed E-state index contributed by atoms with van der Waals surface area (Å²) < 4.78 is 0. The Hall–Kier alpha value is -0.430. The monoisotopic (exact) mass is 178 g/mol. The van der Waals surface area contributed by atoms with Crippen molar-refractivity contribution in [2.75, 3.05) is 0 Å². The van der Waals surface area contributed by atoms with Crippen molar-refractivity contribution in [3.8, 4) is 0 Å². The maximum Gasteiger partial charge on any atom is 0.0299 e. The number of aryl methyl sites for hydroxylation is 1. The minimum atomic E-state index is 0.685. The summed E-state index contributed by atoms with van der Waals surface area (Å²) in [6.07, 6.45) is 1.17. The quantitative estimate of drug-likeness (QED) is 0.630. The second-order valence-corrected chi connectivity index (χ2v) is 4.63. The summed E-state index contributed by atoms with van der Waals surface area (Å²) in [4.78, 5) is 3.06. The van der Waals surface area contributed by atoms with E-state index in [4.69, 9.17) is 0 Å². The highest BCUT2D eigenvalue weighted by molar-refractivity contribution is 8.05. The van der Waals surface area contributed by atoms with Gasteiger partial charge in [-0.15, -0.1) is 0 Å². The summed E-state index contributed by atoms with van der Waals surface area (Å²) >= 11 is 1.94. The van der Waals surface area contributed by atoms with Crippen molar-refractivity contribution < 1.29 is 0 Å². The van der Waals surface area contributed by atoms with Crippen LogP contribution in [0.15, 0.2) is 21.9 Å². The van der Waals surface area contributed by atoms with Crippen molar-refractivity contribution in [1.82, 2.24) is 0 Å². The van der Waals surface area contributed by atoms with Gasteiger partial charge in [0.15, 0.2) is 0 Å². The lowest BCUT2D eigenvalue weighted by molar-refractivity contribution is 0.818. The highest BCUT2D eigenvalue weighted by Crippen LogP contribution is 2.53. The zero-order chi connectivity index (χ0) is 8.72. The molecule has 0 amide bonds. The molecule has 0 bridgehead atoms. The van der Waals surface area contributed by atoms with Crippen molar-refractivity contribution in [1.29, 1.82) is 0 Å². The van der Waals surface area contributed by atoms with E-state index >= 15 is 0 Å². The lowest BCUT2D eigenvalue weighted by Gasteiger charge is -2.09. The van der Waals surface area contributed by atoms with Gasteiger partial charge < -0.3 is 0 Å². The van der Waals surface area contributed by atoms with Crippen LogP contribution in [0.4, 0.5) is 0 Å². The van der Waals surface area contributed by atoms with Gasteiger partial charge in [-0.25, -0.2) is 0 Å². The molecule has 0 saturated carbocycles. The third-order valence-electron chi connectivity index (χ3n) is 2.38. The van der Waals surface area contributed by atoms with E-state index in [0.29, 0.717) is 5.92 Å². The van der Waals surface area contributed by atoms with Gasteiger partial charge in [0.05, 0.1) is 0 Å². The summed E-state index contributed by atoms with van der Waals surface area (Å²) in [5.41, 5.74) is 3.13. The molecule has 1 aromatic rings. The van der Waals surface area contributed by atoms with E-state index in [0.717, 1.165) is 0 Å². The van der Waals surface area contributed by atoms with E-state index in [1.54, 1.807) is 10.5 Å². The fourth-order valence-electron chi connectivity index (χ4n) is 1.74. The molecular weight excluding hydrogens is 164 g/mol. The highest BCUT2D eigenvalue weighted by Gasteiger charge is 2.25. The van der Waals surface area contributed by atoms with Gasteiger partial charge in [-0.2, -0.15) is 0 Å². The smallest absolute Gasteiger partial charge is 0.0299 e. The van der Waals surface area contributed by atoms with E-state index in [1.165, 1.54) is 16.9 Å². The predicted octanol–water partition coefficient (Wildman–Crippen LogP) is 3.84. The van der Waals surface area contributed by atoms with Crippen molar-refractivity contribution in [3.05, 3.63) is 23.3 Å². The molecule has 0 spiro atoms. The first-order valence-electron chi connectivity index (χ1n) is 4.57. The second kappa shape index (κ2) is 2.81. The van der Waals surface area contributed by atoms with Crippen molar-refractivity contribution in [2.45, 2.75) is 42.9 Å². The molecule has 0 aliphatic carbocycles. The Kier molecular flexibility index (Phi) is 1.91. The molecule has 1 aliphatic heterocycles. The van der Waals surface area contributed by atoms with E-state index in [2.05, 4.69) is 32.9 Å². The molecule has 1 heteroatoms. The molecule has 0 saturated heterocycles. The third kappa shape index (κ3) is 1.16. The number of hydrogen-bond donors (Lipinski definition) is 0. The summed E-state index contributed by atoms with van der Waals surface area (Å²) in [6.45, 7) is 6.81. The van der Waals surface area contributed by atoms with Crippen LogP contribution in [0.5, 0.6) is 0 Å². The molecule has 0 unspecified atom stereocenters. The van der Waals surface area contributed by atoms with Gasteiger partial charge in [-0.3, -0.25) is 0 Å². The molecule has 0 N–H and O–H groups in total. The number of fused-ring (bicyclic) bond motifs is 1. The first kappa shape index (κ1) is 8.18. The third-order valence-corrected chi connectivity index (χ3v) is 3.38. The topological polar surface area (TPSA) is 0 Å².